The van der Waals surface area contributed by atoms with Gasteiger partial charge in [-0.25, -0.2) is 9.18 Å². The van der Waals surface area contributed by atoms with Gasteiger partial charge in [0.05, 0.1) is 5.69 Å². The molecule has 1 heterocycles. The second kappa shape index (κ2) is 4.92. The smallest absolute Gasteiger partial charge is 0.347 e. The van der Waals surface area contributed by atoms with Crippen molar-refractivity contribution in [2.24, 2.45) is 0 Å². The number of carboxylic acid groups (broad SMARTS) is 1. The fraction of sp³-hybridized carbons (Fsp3) is 0.0909. The largest absolute Gasteiger partial charge is 0.487 e. The molecule has 0 aliphatic heterocycles. The molecule has 2 rings (SSSR count). The zero-order valence-electron chi connectivity index (χ0n) is 8.59. The molecule has 0 atom stereocenters. The first kappa shape index (κ1) is 11.5. The second-order valence-corrected chi connectivity index (χ2v) is 4.04. The number of ether oxygens (including phenoxy) is 1. The van der Waals surface area contributed by atoms with Crippen molar-refractivity contribution in [3.05, 3.63) is 46.7 Å². The van der Waals surface area contributed by atoms with Crippen LogP contribution < -0.4 is 4.74 Å². The number of benzene rings is 1. The van der Waals surface area contributed by atoms with Crippen LogP contribution >= 0.6 is 11.5 Å². The van der Waals surface area contributed by atoms with E-state index in [0.29, 0.717) is 11.4 Å². The van der Waals surface area contributed by atoms with Crippen LogP contribution in [0.3, 0.4) is 0 Å². The maximum absolute atomic E-state index is 12.6. The van der Waals surface area contributed by atoms with E-state index in [-0.39, 0.29) is 17.3 Å². The van der Waals surface area contributed by atoms with Gasteiger partial charge in [0.15, 0.2) is 0 Å². The van der Waals surface area contributed by atoms with Crippen LogP contribution in [0.1, 0.15) is 15.4 Å². The average molecular weight is 253 g/mol. The highest BCUT2D eigenvalue weighted by Crippen LogP contribution is 2.15. The molecule has 1 aromatic carbocycles. The molecule has 1 N–H and O–H groups in total. The standard InChI is InChI=1S/C11H8FNO3S/c12-7-1-3-9(4-2-7)16-6-8-5-10(11(14)15)17-13-8/h1-5H,6H2,(H,14,15). The normalized spacial score (nSPS) is 10.2. The molecular formula is C11H8FNO3S. The molecule has 4 nitrogen and oxygen atoms in total. The number of nitrogens with zero attached hydrogens (tertiary/aromatic N) is 1. The van der Waals surface area contributed by atoms with Gasteiger partial charge in [-0.15, -0.1) is 0 Å². The van der Waals surface area contributed by atoms with E-state index in [1.165, 1.54) is 30.3 Å². The van der Waals surface area contributed by atoms with E-state index in [1.54, 1.807) is 0 Å². The summed E-state index contributed by atoms with van der Waals surface area (Å²) in [7, 11) is 0. The number of carbonyl (C=O) groups is 1. The molecule has 0 spiro atoms. The summed E-state index contributed by atoms with van der Waals surface area (Å²) in [5.74, 6) is -0.828. The minimum atomic E-state index is -1.00. The lowest BCUT2D eigenvalue weighted by atomic mass is 10.3. The van der Waals surface area contributed by atoms with Gasteiger partial charge in [-0.3, -0.25) is 0 Å². The maximum atomic E-state index is 12.6. The first-order chi connectivity index (χ1) is 8.15. The van der Waals surface area contributed by atoms with Crippen molar-refractivity contribution in [2.75, 3.05) is 0 Å². The lowest BCUT2D eigenvalue weighted by Crippen LogP contribution is -1.96. The first-order valence-corrected chi connectivity index (χ1v) is 5.50. The zero-order valence-corrected chi connectivity index (χ0v) is 9.41. The number of hydrogen-bond donors (Lipinski definition) is 1. The molecule has 88 valence electrons. The van der Waals surface area contributed by atoms with Gasteiger partial charge < -0.3 is 9.84 Å². The number of aromatic carboxylic acids is 1. The summed E-state index contributed by atoms with van der Waals surface area (Å²) in [6, 6.07) is 7.04. The molecule has 0 unspecified atom stereocenters. The number of carboxylic acids is 1. The van der Waals surface area contributed by atoms with Crippen LogP contribution in [0.5, 0.6) is 5.75 Å². The Kier molecular flexibility index (Phi) is 3.34. The Morgan fingerprint density at radius 1 is 1.41 bits per heavy atom. The summed E-state index contributed by atoms with van der Waals surface area (Å²) < 4.78 is 21.9. The summed E-state index contributed by atoms with van der Waals surface area (Å²) in [5, 5.41) is 8.70. The lowest BCUT2D eigenvalue weighted by Gasteiger charge is -2.02. The number of rotatable bonds is 4. The maximum Gasteiger partial charge on any atom is 0.347 e. The van der Waals surface area contributed by atoms with Crippen molar-refractivity contribution >= 4 is 17.5 Å². The first-order valence-electron chi connectivity index (χ1n) is 4.72. The van der Waals surface area contributed by atoms with E-state index in [0.717, 1.165) is 11.5 Å². The van der Waals surface area contributed by atoms with Crippen LogP contribution in [-0.4, -0.2) is 15.4 Å². The van der Waals surface area contributed by atoms with Crippen molar-refractivity contribution in [1.82, 2.24) is 4.37 Å². The number of aromatic nitrogens is 1. The topological polar surface area (TPSA) is 59.4 Å². The Hall–Kier alpha value is -1.95. The predicted molar refractivity (Wildman–Crippen MR) is 59.8 cm³/mol. The fourth-order valence-electron chi connectivity index (χ4n) is 1.17. The Balaban J connectivity index is 1.97. The highest BCUT2D eigenvalue weighted by molar-refractivity contribution is 7.08. The van der Waals surface area contributed by atoms with Crippen LogP contribution in [0.2, 0.25) is 0 Å². The summed E-state index contributed by atoms with van der Waals surface area (Å²) in [6.45, 7) is 0.162. The molecule has 0 aliphatic carbocycles. The van der Waals surface area contributed by atoms with Crippen LogP contribution in [0, 0.1) is 5.82 Å². The minimum absolute atomic E-state index is 0.162. The number of hydrogen-bond acceptors (Lipinski definition) is 4. The van der Waals surface area contributed by atoms with Gasteiger partial charge in [0, 0.05) is 0 Å². The van der Waals surface area contributed by atoms with Gasteiger partial charge in [-0.05, 0) is 41.9 Å². The van der Waals surface area contributed by atoms with Crippen molar-refractivity contribution in [3.63, 3.8) is 0 Å². The molecule has 2 aromatic rings. The highest BCUT2D eigenvalue weighted by Gasteiger charge is 2.08. The second-order valence-electron chi connectivity index (χ2n) is 3.23. The van der Waals surface area contributed by atoms with Gasteiger partial charge in [-0.1, -0.05) is 0 Å². The van der Waals surface area contributed by atoms with Gasteiger partial charge >= 0.3 is 5.97 Å². The summed E-state index contributed by atoms with van der Waals surface area (Å²) in [6.07, 6.45) is 0. The highest BCUT2D eigenvalue weighted by atomic mass is 32.1. The van der Waals surface area contributed by atoms with Crippen LogP contribution in [0.4, 0.5) is 4.39 Å². The van der Waals surface area contributed by atoms with Crippen LogP contribution in [0.25, 0.3) is 0 Å². The molecule has 1 aromatic heterocycles. The third kappa shape index (κ3) is 3.01. The van der Waals surface area contributed by atoms with E-state index >= 15 is 0 Å². The third-order valence-corrected chi connectivity index (χ3v) is 2.79. The quantitative estimate of drug-likeness (QED) is 0.909. The lowest BCUT2D eigenvalue weighted by molar-refractivity contribution is 0.0702. The molecule has 0 amide bonds. The molecule has 0 saturated carbocycles. The van der Waals surface area contributed by atoms with E-state index in [1.807, 2.05) is 0 Å². The molecule has 0 saturated heterocycles. The predicted octanol–water partition coefficient (Wildman–Crippen LogP) is 2.56. The Morgan fingerprint density at radius 3 is 2.71 bits per heavy atom. The van der Waals surface area contributed by atoms with Crippen molar-refractivity contribution < 1.29 is 19.0 Å². The fourth-order valence-corrected chi connectivity index (χ4v) is 1.76. The van der Waals surface area contributed by atoms with Crippen molar-refractivity contribution in [2.45, 2.75) is 6.61 Å². The molecule has 0 aliphatic rings. The van der Waals surface area contributed by atoms with Crippen LogP contribution in [-0.2, 0) is 6.61 Å². The Labute approximate surface area is 100 Å². The van der Waals surface area contributed by atoms with Gasteiger partial charge in [-0.2, -0.15) is 4.37 Å². The molecule has 0 fully saturated rings. The molecular weight excluding hydrogens is 245 g/mol. The van der Waals surface area contributed by atoms with E-state index in [4.69, 9.17) is 9.84 Å². The molecule has 6 heteroatoms. The summed E-state index contributed by atoms with van der Waals surface area (Å²) in [4.78, 5) is 10.8. The monoisotopic (exact) mass is 253 g/mol. The van der Waals surface area contributed by atoms with Gasteiger partial charge in [0.2, 0.25) is 0 Å². The SMILES string of the molecule is O=C(O)c1cc(COc2ccc(F)cc2)ns1. The average Bonchev–Trinajstić information content (AvgIpc) is 2.77. The summed E-state index contributed by atoms with van der Waals surface area (Å²) >= 11 is 0.906. The Bertz CT molecular complexity index is 524. The van der Waals surface area contributed by atoms with Crippen LogP contribution in [0.15, 0.2) is 30.3 Å². The van der Waals surface area contributed by atoms with Gasteiger partial charge in [0.1, 0.15) is 23.1 Å². The van der Waals surface area contributed by atoms with E-state index < -0.39 is 5.97 Å². The third-order valence-electron chi connectivity index (χ3n) is 1.97. The zero-order chi connectivity index (χ0) is 12.3. The number of halogens is 1. The van der Waals surface area contributed by atoms with Gasteiger partial charge in [0.25, 0.3) is 0 Å². The molecule has 17 heavy (non-hydrogen) atoms. The van der Waals surface area contributed by atoms with E-state index in [9.17, 15) is 9.18 Å². The van der Waals surface area contributed by atoms with Crippen molar-refractivity contribution in [3.8, 4) is 5.75 Å². The summed E-state index contributed by atoms with van der Waals surface area (Å²) in [5.41, 5.74) is 0.539. The van der Waals surface area contributed by atoms with E-state index in [2.05, 4.69) is 4.37 Å². The molecule has 0 radical (unpaired) electrons. The molecule has 0 bridgehead atoms. The Morgan fingerprint density at radius 2 is 2.12 bits per heavy atom. The van der Waals surface area contributed by atoms with Crippen molar-refractivity contribution in [1.29, 1.82) is 0 Å². The minimum Gasteiger partial charge on any atom is -0.487 e.